The first-order valence-corrected chi connectivity index (χ1v) is 7.03. The average molecular weight is 305 g/mol. The highest BCUT2D eigenvalue weighted by Crippen LogP contribution is 2.07. The van der Waals surface area contributed by atoms with E-state index in [0.717, 1.165) is 0 Å². The van der Waals surface area contributed by atoms with E-state index >= 15 is 0 Å². The molecular formula is C15H19N3O4. The smallest absolute Gasteiger partial charge is 0.328 e. The fourth-order valence-corrected chi connectivity index (χ4v) is 2.32. The van der Waals surface area contributed by atoms with Gasteiger partial charge in [-0.15, -0.1) is 0 Å². The predicted octanol–water partition coefficient (Wildman–Crippen LogP) is 0.231. The summed E-state index contributed by atoms with van der Waals surface area (Å²) in [5.41, 5.74) is -0.412. The fraction of sp³-hybridized carbons (Fsp3) is 0.400. The van der Waals surface area contributed by atoms with E-state index in [9.17, 15) is 14.4 Å². The van der Waals surface area contributed by atoms with Gasteiger partial charge in [-0.2, -0.15) is 0 Å². The van der Waals surface area contributed by atoms with Gasteiger partial charge in [-0.25, -0.2) is 4.79 Å². The molecule has 0 aliphatic carbocycles. The van der Waals surface area contributed by atoms with Crippen molar-refractivity contribution < 1.29 is 9.53 Å². The fourth-order valence-electron chi connectivity index (χ4n) is 2.32. The Morgan fingerprint density at radius 1 is 1.36 bits per heavy atom. The number of hydrogen-bond acceptors (Lipinski definition) is 4. The van der Waals surface area contributed by atoms with E-state index in [0.29, 0.717) is 17.5 Å². The lowest BCUT2D eigenvalue weighted by Crippen LogP contribution is -2.37. The number of rotatable bonds is 6. The number of para-hydroxylation sites is 1. The molecule has 0 saturated heterocycles. The van der Waals surface area contributed by atoms with Crippen molar-refractivity contribution in [1.82, 2.24) is 14.9 Å². The highest BCUT2D eigenvalue weighted by molar-refractivity contribution is 5.78. The molecule has 0 radical (unpaired) electrons. The van der Waals surface area contributed by atoms with Crippen LogP contribution in [0.1, 0.15) is 13.3 Å². The van der Waals surface area contributed by atoms with Gasteiger partial charge in [-0.05, 0) is 19.1 Å². The number of carbonyl (C=O) groups is 1. The summed E-state index contributed by atoms with van der Waals surface area (Å²) in [5.74, 6) is -0.174. The number of aromatic nitrogens is 2. The molecule has 0 aliphatic heterocycles. The van der Waals surface area contributed by atoms with Crippen molar-refractivity contribution in [2.24, 2.45) is 0 Å². The van der Waals surface area contributed by atoms with Crippen molar-refractivity contribution in [3.05, 3.63) is 45.1 Å². The van der Waals surface area contributed by atoms with Gasteiger partial charge in [0.05, 0.1) is 17.5 Å². The summed E-state index contributed by atoms with van der Waals surface area (Å²) >= 11 is 0. The lowest BCUT2D eigenvalue weighted by Gasteiger charge is -2.13. The van der Waals surface area contributed by atoms with E-state index in [1.165, 1.54) is 4.57 Å². The summed E-state index contributed by atoms with van der Waals surface area (Å²) in [6.45, 7) is 2.46. The SMILES string of the molecule is COCC(C)NC(=O)CCn1c(=O)[nH]c(=O)c2ccccc21. The monoisotopic (exact) mass is 305 g/mol. The molecule has 2 N–H and O–H groups in total. The number of benzene rings is 1. The van der Waals surface area contributed by atoms with Crippen LogP contribution in [0.5, 0.6) is 0 Å². The molecule has 0 spiro atoms. The highest BCUT2D eigenvalue weighted by atomic mass is 16.5. The molecule has 0 bridgehead atoms. The summed E-state index contributed by atoms with van der Waals surface area (Å²) in [6, 6.07) is 6.72. The standard InChI is InChI=1S/C15H19N3O4/c1-10(9-22-2)16-13(19)7-8-18-12-6-4-3-5-11(12)14(20)17-15(18)21/h3-6,10H,7-9H2,1-2H3,(H,16,19)(H,17,20,21). The van der Waals surface area contributed by atoms with Gasteiger partial charge >= 0.3 is 5.69 Å². The van der Waals surface area contributed by atoms with Crippen molar-refractivity contribution in [3.8, 4) is 0 Å². The van der Waals surface area contributed by atoms with Gasteiger partial charge in [0, 0.05) is 26.1 Å². The Bertz CT molecular complexity index is 778. The van der Waals surface area contributed by atoms with Crippen molar-refractivity contribution in [1.29, 1.82) is 0 Å². The topological polar surface area (TPSA) is 93.2 Å². The molecule has 2 rings (SSSR count). The summed E-state index contributed by atoms with van der Waals surface area (Å²) in [6.07, 6.45) is 0.143. The molecule has 7 nitrogen and oxygen atoms in total. The van der Waals surface area contributed by atoms with Crippen molar-refractivity contribution in [2.45, 2.75) is 25.9 Å². The van der Waals surface area contributed by atoms with Gasteiger partial charge in [-0.3, -0.25) is 19.1 Å². The lowest BCUT2D eigenvalue weighted by molar-refractivity contribution is -0.122. The van der Waals surface area contributed by atoms with E-state index < -0.39 is 11.2 Å². The average Bonchev–Trinajstić information content (AvgIpc) is 2.47. The van der Waals surface area contributed by atoms with Crippen LogP contribution in [0, 0.1) is 0 Å². The maximum absolute atomic E-state index is 11.9. The number of H-pyrrole nitrogens is 1. The first kappa shape index (κ1) is 16.0. The van der Waals surface area contributed by atoms with Crippen LogP contribution in [0.2, 0.25) is 0 Å². The molecule has 118 valence electrons. The van der Waals surface area contributed by atoms with Crippen LogP contribution >= 0.6 is 0 Å². The molecule has 1 aromatic carbocycles. The second-order valence-corrected chi connectivity index (χ2v) is 5.10. The third-order valence-electron chi connectivity index (χ3n) is 3.29. The van der Waals surface area contributed by atoms with Gasteiger partial charge in [0.25, 0.3) is 5.56 Å². The zero-order valence-corrected chi connectivity index (χ0v) is 12.6. The molecule has 0 aliphatic rings. The van der Waals surface area contributed by atoms with Gasteiger partial charge < -0.3 is 10.1 Å². The number of amides is 1. The van der Waals surface area contributed by atoms with E-state index in [-0.39, 0.29) is 24.9 Å². The first-order valence-electron chi connectivity index (χ1n) is 7.03. The van der Waals surface area contributed by atoms with E-state index in [1.54, 1.807) is 31.4 Å². The minimum atomic E-state index is -0.513. The number of nitrogens with one attached hydrogen (secondary N) is 2. The Morgan fingerprint density at radius 3 is 2.82 bits per heavy atom. The maximum Gasteiger partial charge on any atom is 0.328 e. The number of aromatic amines is 1. The molecule has 1 heterocycles. The summed E-state index contributed by atoms with van der Waals surface area (Å²) in [5, 5.41) is 3.20. The Morgan fingerprint density at radius 2 is 2.09 bits per heavy atom. The Hall–Kier alpha value is -2.41. The van der Waals surface area contributed by atoms with Crippen LogP contribution in [-0.4, -0.2) is 35.2 Å². The Labute approximate surface area is 126 Å². The molecule has 22 heavy (non-hydrogen) atoms. The van der Waals surface area contributed by atoms with Crippen molar-refractivity contribution >= 4 is 16.8 Å². The van der Waals surface area contributed by atoms with Crippen LogP contribution in [0.15, 0.2) is 33.9 Å². The normalized spacial score (nSPS) is 12.3. The minimum Gasteiger partial charge on any atom is -0.383 e. The Kier molecular flexibility index (Phi) is 5.11. The number of aryl methyl sites for hydroxylation is 1. The summed E-state index contributed by atoms with van der Waals surface area (Å²) < 4.78 is 6.35. The number of fused-ring (bicyclic) bond motifs is 1. The molecule has 0 saturated carbocycles. The molecule has 1 amide bonds. The quantitative estimate of drug-likeness (QED) is 0.799. The van der Waals surface area contributed by atoms with E-state index in [1.807, 2.05) is 6.92 Å². The van der Waals surface area contributed by atoms with Crippen LogP contribution in [0.3, 0.4) is 0 Å². The second-order valence-electron chi connectivity index (χ2n) is 5.10. The number of ether oxygens (including phenoxy) is 1. The molecule has 0 fully saturated rings. The highest BCUT2D eigenvalue weighted by Gasteiger charge is 2.10. The number of hydrogen-bond donors (Lipinski definition) is 2. The van der Waals surface area contributed by atoms with E-state index in [4.69, 9.17) is 4.74 Å². The molecule has 1 unspecified atom stereocenters. The van der Waals surface area contributed by atoms with Gasteiger partial charge in [0.15, 0.2) is 0 Å². The van der Waals surface area contributed by atoms with Crippen molar-refractivity contribution in [2.75, 3.05) is 13.7 Å². The molecule has 1 atom stereocenters. The third kappa shape index (κ3) is 3.62. The van der Waals surface area contributed by atoms with E-state index in [2.05, 4.69) is 10.3 Å². The lowest BCUT2D eigenvalue weighted by atomic mass is 10.2. The maximum atomic E-state index is 11.9. The van der Waals surface area contributed by atoms with Gasteiger partial charge in [0.1, 0.15) is 0 Å². The number of methoxy groups -OCH3 is 1. The molecular weight excluding hydrogens is 286 g/mol. The second kappa shape index (κ2) is 7.04. The first-order chi connectivity index (χ1) is 10.5. The van der Waals surface area contributed by atoms with Crippen LogP contribution in [0.25, 0.3) is 10.9 Å². The summed E-state index contributed by atoms with van der Waals surface area (Å²) in [7, 11) is 1.56. The molecule has 1 aromatic heterocycles. The van der Waals surface area contributed by atoms with Crippen LogP contribution in [-0.2, 0) is 16.1 Å². The zero-order chi connectivity index (χ0) is 16.1. The zero-order valence-electron chi connectivity index (χ0n) is 12.6. The Balaban J connectivity index is 2.17. The van der Waals surface area contributed by atoms with Gasteiger partial charge in [0.2, 0.25) is 5.91 Å². The number of carbonyl (C=O) groups excluding carboxylic acids is 1. The molecule has 7 heteroatoms. The number of nitrogens with zero attached hydrogens (tertiary/aromatic N) is 1. The minimum absolute atomic E-state index is 0.0958. The largest absolute Gasteiger partial charge is 0.383 e. The summed E-state index contributed by atoms with van der Waals surface area (Å²) in [4.78, 5) is 37.8. The van der Waals surface area contributed by atoms with Crippen molar-refractivity contribution in [3.63, 3.8) is 0 Å². The van der Waals surface area contributed by atoms with Gasteiger partial charge in [-0.1, -0.05) is 12.1 Å². The predicted molar refractivity (Wildman–Crippen MR) is 82.9 cm³/mol. The molecule has 2 aromatic rings. The van der Waals surface area contributed by atoms with Crippen LogP contribution in [0.4, 0.5) is 0 Å². The third-order valence-corrected chi connectivity index (χ3v) is 3.29. The van der Waals surface area contributed by atoms with Crippen LogP contribution < -0.4 is 16.6 Å².